The van der Waals surface area contributed by atoms with Gasteiger partial charge in [0, 0.05) is 39.1 Å². The van der Waals surface area contributed by atoms with Crippen LogP contribution in [-0.4, -0.2) is 30.5 Å². The molecule has 2 aliphatic rings. The Balaban J connectivity index is 1.16. The number of aromatic nitrogens is 5. The third-order valence-corrected chi connectivity index (χ3v) is 11.3. The Labute approximate surface area is 327 Å². The fourth-order valence-electron chi connectivity index (χ4n) is 8.70. The molecule has 7 aromatic carbocycles. The molecule has 1 aliphatic heterocycles. The van der Waals surface area contributed by atoms with E-state index in [1.165, 1.54) is 11.3 Å². The first kappa shape index (κ1) is 31.7. The Kier molecular flexibility index (Phi) is 6.92. The summed E-state index contributed by atoms with van der Waals surface area (Å²) >= 11 is 0. The molecule has 57 heavy (non-hydrogen) atoms. The summed E-state index contributed by atoms with van der Waals surface area (Å²) in [4.78, 5) is 20.6. The van der Waals surface area contributed by atoms with Crippen molar-refractivity contribution in [1.29, 1.82) is 0 Å². The molecule has 0 radical (unpaired) electrons. The van der Waals surface area contributed by atoms with Gasteiger partial charge in [0.05, 0.1) is 33.7 Å². The third-order valence-electron chi connectivity index (χ3n) is 11.3. The lowest BCUT2D eigenvalue weighted by Crippen LogP contribution is -2.17. The molecule has 0 amide bonds. The van der Waals surface area contributed by atoms with Crippen molar-refractivity contribution in [1.82, 2.24) is 24.5 Å². The van der Waals surface area contributed by atoms with Crippen LogP contribution in [0.1, 0.15) is 11.5 Å². The van der Waals surface area contributed by atoms with Crippen LogP contribution >= 0.6 is 0 Å². The summed E-state index contributed by atoms with van der Waals surface area (Å²) in [5, 5.41) is 8.01. The van der Waals surface area contributed by atoms with Crippen molar-refractivity contribution < 1.29 is 4.42 Å². The van der Waals surface area contributed by atoms with Crippen molar-refractivity contribution in [3.8, 4) is 51.2 Å². The molecule has 0 bridgehead atoms. The van der Waals surface area contributed by atoms with Gasteiger partial charge in [-0.05, 0) is 47.3 Å². The van der Waals surface area contributed by atoms with Crippen LogP contribution in [0.2, 0.25) is 0 Å². The second-order valence-electron chi connectivity index (χ2n) is 14.7. The fraction of sp³-hybridized carbons (Fsp3) is 0.0400. The Morgan fingerprint density at radius 2 is 1.23 bits per heavy atom. The van der Waals surface area contributed by atoms with Gasteiger partial charge in [-0.1, -0.05) is 140 Å². The normalized spacial score (nSPS) is 15.7. The molecule has 2 unspecified atom stereocenters. The van der Waals surface area contributed by atoms with Crippen LogP contribution in [0.25, 0.3) is 95.0 Å². The molecule has 268 valence electrons. The van der Waals surface area contributed by atoms with Gasteiger partial charge in [-0.25, -0.2) is 19.9 Å². The number of para-hydroxylation sites is 1. The topological polar surface area (TPSA) is 81.7 Å². The maximum Gasteiger partial charge on any atom is 0.167 e. The summed E-state index contributed by atoms with van der Waals surface area (Å²) in [6, 6.07) is 52.3. The number of hydrogen-bond acceptors (Lipinski definition) is 6. The van der Waals surface area contributed by atoms with Crippen molar-refractivity contribution >= 4 is 49.4 Å². The van der Waals surface area contributed by atoms with Crippen LogP contribution in [-0.2, 0) is 0 Å². The van der Waals surface area contributed by atoms with E-state index >= 15 is 0 Å². The van der Waals surface area contributed by atoms with Crippen molar-refractivity contribution in [3.63, 3.8) is 0 Å². The standard InChI is InChI=1S/C50H32N6O/c1-4-14-30(15-5-1)47-53-48(31-16-6-2-7-17-31)55-49(54-47)36-25-27-42(44-35-21-11-13-23-43(35)57-46(36)44)56-45-37-29-38-34-20-10-12-22-39(34)51-41(38)28-33(37)24-26-40(45)52-50(56)32-18-8-3-9-19-32/h1-29,34,39,51H. The van der Waals surface area contributed by atoms with Crippen LogP contribution in [0, 0.1) is 0 Å². The minimum Gasteiger partial charge on any atom is -0.455 e. The fourth-order valence-corrected chi connectivity index (χ4v) is 8.70. The van der Waals surface area contributed by atoms with Crippen molar-refractivity contribution in [3.05, 3.63) is 182 Å². The number of anilines is 1. The van der Waals surface area contributed by atoms with Crippen molar-refractivity contribution in [2.45, 2.75) is 12.0 Å². The molecule has 10 aromatic rings. The van der Waals surface area contributed by atoms with E-state index in [4.69, 9.17) is 24.4 Å². The smallest absolute Gasteiger partial charge is 0.167 e. The van der Waals surface area contributed by atoms with E-state index < -0.39 is 0 Å². The summed E-state index contributed by atoms with van der Waals surface area (Å²) in [6.45, 7) is 0. The minimum absolute atomic E-state index is 0.242. The van der Waals surface area contributed by atoms with E-state index in [9.17, 15) is 0 Å². The summed E-state index contributed by atoms with van der Waals surface area (Å²) in [7, 11) is 0. The average Bonchev–Trinajstić information content (AvgIpc) is 3.98. The molecule has 4 heterocycles. The molecule has 0 spiro atoms. The summed E-state index contributed by atoms with van der Waals surface area (Å²) in [5.41, 5.74) is 10.5. The summed E-state index contributed by atoms with van der Waals surface area (Å²) < 4.78 is 9.21. The van der Waals surface area contributed by atoms with Crippen LogP contribution in [0.4, 0.5) is 5.69 Å². The molecule has 0 saturated heterocycles. The summed E-state index contributed by atoms with van der Waals surface area (Å²) in [6.07, 6.45) is 8.84. The van der Waals surface area contributed by atoms with E-state index in [-0.39, 0.29) is 12.0 Å². The minimum atomic E-state index is 0.242. The van der Waals surface area contributed by atoms with Gasteiger partial charge in [0.1, 0.15) is 17.0 Å². The number of nitrogens with zero attached hydrogens (tertiary/aromatic N) is 5. The second kappa shape index (κ2) is 12.4. The first-order valence-corrected chi connectivity index (χ1v) is 19.2. The quantitative estimate of drug-likeness (QED) is 0.190. The Bertz CT molecular complexity index is 3220. The zero-order valence-corrected chi connectivity index (χ0v) is 30.5. The molecule has 7 nitrogen and oxygen atoms in total. The number of hydrogen-bond donors (Lipinski definition) is 1. The predicted molar refractivity (Wildman–Crippen MR) is 229 cm³/mol. The van der Waals surface area contributed by atoms with Crippen LogP contribution in [0.3, 0.4) is 0 Å². The highest BCUT2D eigenvalue weighted by Gasteiger charge is 2.31. The monoisotopic (exact) mass is 732 g/mol. The highest BCUT2D eigenvalue weighted by Crippen LogP contribution is 2.46. The maximum atomic E-state index is 6.88. The van der Waals surface area contributed by atoms with Crippen molar-refractivity contribution in [2.24, 2.45) is 0 Å². The molecular weight excluding hydrogens is 701 g/mol. The van der Waals surface area contributed by atoms with Gasteiger partial charge in [0.15, 0.2) is 17.5 Å². The van der Waals surface area contributed by atoms with Crippen LogP contribution in [0.5, 0.6) is 0 Å². The highest BCUT2D eigenvalue weighted by molar-refractivity contribution is 6.15. The first-order chi connectivity index (χ1) is 28.2. The van der Waals surface area contributed by atoms with Gasteiger partial charge >= 0.3 is 0 Å². The lowest BCUT2D eigenvalue weighted by molar-refractivity contribution is 0.669. The maximum absolute atomic E-state index is 6.88. The second-order valence-corrected chi connectivity index (χ2v) is 14.7. The van der Waals surface area contributed by atoms with Gasteiger partial charge < -0.3 is 9.73 Å². The number of benzene rings is 7. The van der Waals surface area contributed by atoms with Gasteiger partial charge in [-0.2, -0.15) is 0 Å². The van der Waals surface area contributed by atoms with Crippen LogP contribution in [0.15, 0.2) is 180 Å². The molecular formula is C50H32N6O. The summed E-state index contributed by atoms with van der Waals surface area (Å²) in [5.74, 6) is 2.85. The largest absolute Gasteiger partial charge is 0.455 e. The Morgan fingerprint density at radius 3 is 1.98 bits per heavy atom. The molecule has 2 atom stereocenters. The first-order valence-electron chi connectivity index (χ1n) is 19.2. The van der Waals surface area contributed by atoms with Gasteiger partial charge in [0.2, 0.25) is 0 Å². The van der Waals surface area contributed by atoms with Gasteiger partial charge in [-0.15, -0.1) is 0 Å². The molecule has 12 rings (SSSR count). The Hall–Kier alpha value is -7.64. The van der Waals surface area contributed by atoms with E-state index in [0.717, 1.165) is 71.9 Å². The molecule has 7 heteroatoms. The molecule has 3 aromatic heterocycles. The van der Waals surface area contributed by atoms with Crippen LogP contribution < -0.4 is 5.32 Å². The zero-order valence-electron chi connectivity index (χ0n) is 30.5. The molecule has 0 saturated carbocycles. The van der Waals surface area contributed by atoms with E-state index in [0.29, 0.717) is 23.1 Å². The lowest BCUT2D eigenvalue weighted by Gasteiger charge is -2.16. The molecule has 1 N–H and O–H groups in total. The van der Waals surface area contributed by atoms with Gasteiger partial charge in [-0.3, -0.25) is 4.57 Å². The highest BCUT2D eigenvalue weighted by atomic mass is 16.3. The van der Waals surface area contributed by atoms with E-state index in [1.807, 2.05) is 78.9 Å². The van der Waals surface area contributed by atoms with Crippen molar-refractivity contribution in [2.75, 3.05) is 5.32 Å². The lowest BCUT2D eigenvalue weighted by atomic mass is 9.90. The SMILES string of the molecule is C1=CC2Nc3cc4ccc5nc(-c6ccccc6)n(-c6ccc(-c7nc(-c8ccccc8)nc(-c8ccccc8)n7)c7oc8ccccc8c67)c5c4cc3C2C=C1. The number of allylic oxidation sites excluding steroid dienone is 2. The van der Waals surface area contributed by atoms with Gasteiger partial charge in [0.25, 0.3) is 0 Å². The molecule has 0 fully saturated rings. The number of imidazole rings is 1. The van der Waals surface area contributed by atoms with E-state index in [2.05, 4.69) is 107 Å². The number of furan rings is 1. The zero-order chi connectivity index (χ0) is 37.5. The van der Waals surface area contributed by atoms with E-state index in [1.54, 1.807) is 0 Å². The Morgan fingerprint density at radius 1 is 0.561 bits per heavy atom. The molecule has 1 aliphatic carbocycles. The number of rotatable bonds is 5. The third kappa shape index (κ3) is 4.99. The number of nitrogens with one attached hydrogen (secondary N) is 1. The predicted octanol–water partition coefficient (Wildman–Crippen LogP) is 11.9. The number of fused-ring (bicyclic) bond motifs is 9. The average molecular weight is 733 g/mol.